The molecule has 0 spiro atoms. The van der Waals surface area contributed by atoms with Crippen molar-refractivity contribution in [2.75, 3.05) is 6.54 Å². The Balaban J connectivity index is 1.97. The summed E-state index contributed by atoms with van der Waals surface area (Å²) in [6, 6.07) is 5.75. The van der Waals surface area contributed by atoms with Crippen LogP contribution in [0.5, 0.6) is 0 Å². The normalized spacial score (nSPS) is 21.4. The number of likely N-dealkylation sites (tertiary alicyclic amines) is 1. The van der Waals surface area contributed by atoms with E-state index in [1.807, 2.05) is 18.2 Å². The maximum atomic E-state index is 11.7. The Labute approximate surface area is 126 Å². The monoisotopic (exact) mass is 339 g/mol. The first-order valence-electron chi connectivity index (χ1n) is 6.65. The number of halogens is 1. The van der Waals surface area contributed by atoms with Gasteiger partial charge in [-0.25, -0.2) is 4.98 Å². The second kappa shape index (κ2) is 5.91. The van der Waals surface area contributed by atoms with Crippen molar-refractivity contribution in [2.45, 2.75) is 38.1 Å². The summed E-state index contributed by atoms with van der Waals surface area (Å²) in [4.78, 5) is 29.2. The van der Waals surface area contributed by atoms with Gasteiger partial charge >= 0.3 is 0 Å². The van der Waals surface area contributed by atoms with Crippen LogP contribution >= 0.6 is 15.9 Å². The summed E-state index contributed by atoms with van der Waals surface area (Å²) in [5.41, 5.74) is 5.69. The van der Waals surface area contributed by atoms with Crippen molar-refractivity contribution in [3.8, 4) is 0 Å². The first-order chi connectivity index (χ1) is 9.45. The minimum absolute atomic E-state index is 0.0874. The number of nitrogens with two attached hydrogens (primary N) is 1. The van der Waals surface area contributed by atoms with E-state index in [1.54, 1.807) is 4.90 Å². The fraction of sp³-hybridized carbons (Fsp3) is 0.500. The quantitative estimate of drug-likeness (QED) is 0.828. The molecule has 1 aromatic heterocycles. The molecule has 5 nitrogen and oxygen atoms in total. The molecule has 1 aromatic rings. The van der Waals surface area contributed by atoms with Crippen LogP contribution in [-0.4, -0.2) is 33.8 Å². The van der Waals surface area contributed by atoms with Crippen LogP contribution in [-0.2, 0) is 16.0 Å². The maximum absolute atomic E-state index is 11.7. The number of hydrogen-bond acceptors (Lipinski definition) is 3. The van der Waals surface area contributed by atoms with Crippen LogP contribution in [0.1, 0.15) is 31.9 Å². The van der Waals surface area contributed by atoms with Gasteiger partial charge in [0.05, 0.1) is 0 Å². The van der Waals surface area contributed by atoms with E-state index in [0.717, 1.165) is 23.1 Å². The summed E-state index contributed by atoms with van der Waals surface area (Å²) >= 11 is 3.33. The van der Waals surface area contributed by atoms with E-state index < -0.39 is 11.4 Å². The zero-order chi connectivity index (χ0) is 14.8. The number of rotatable bonds is 5. The summed E-state index contributed by atoms with van der Waals surface area (Å²) in [5.74, 6) is -0.489. The lowest BCUT2D eigenvalue weighted by Crippen LogP contribution is -2.67. The van der Waals surface area contributed by atoms with Crippen molar-refractivity contribution >= 4 is 27.7 Å². The van der Waals surface area contributed by atoms with Crippen LogP contribution in [0.2, 0.25) is 0 Å². The molecule has 2 amide bonds. The molecular weight excluding hydrogens is 322 g/mol. The maximum Gasteiger partial charge on any atom is 0.243 e. The van der Waals surface area contributed by atoms with Crippen molar-refractivity contribution in [3.05, 3.63) is 28.5 Å². The average molecular weight is 340 g/mol. The van der Waals surface area contributed by atoms with Gasteiger partial charge < -0.3 is 10.6 Å². The lowest BCUT2D eigenvalue weighted by Gasteiger charge is -2.50. The van der Waals surface area contributed by atoms with Crippen LogP contribution in [0, 0.1) is 0 Å². The van der Waals surface area contributed by atoms with Gasteiger partial charge in [-0.05, 0) is 53.7 Å². The number of carbonyl (C=O) groups is 2. The second-order valence-corrected chi connectivity index (χ2v) is 5.93. The number of hydrogen-bond donors (Lipinski definition) is 1. The minimum atomic E-state index is -0.780. The highest BCUT2D eigenvalue weighted by Crippen LogP contribution is 2.35. The molecule has 2 heterocycles. The highest BCUT2D eigenvalue weighted by molar-refractivity contribution is 9.10. The van der Waals surface area contributed by atoms with Gasteiger partial charge in [0, 0.05) is 19.2 Å². The zero-order valence-corrected chi connectivity index (χ0v) is 13.0. The molecule has 0 radical (unpaired) electrons. The number of aromatic nitrogens is 1. The predicted octanol–water partition coefficient (Wildman–Crippen LogP) is 1.64. The molecule has 1 fully saturated rings. The van der Waals surface area contributed by atoms with Gasteiger partial charge in [0.1, 0.15) is 10.1 Å². The predicted molar refractivity (Wildman–Crippen MR) is 78.8 cm³/mol. The largest absolute Gasteiger partial charge is 0.368 e. The standard InChI is InChI=1S/C14H18BrN3O2/c1-10(19)18-9-8-14(18,13(16)20)7-3-5-11-4-2-6-12(15)17-11/h2,4,6H,3,5,7-9H2,1H3,(H2,16,20)/t14-/m0/s1. The first-order valence-corrected chi connectivity index (χ1v) is 7.44. The summed E-state index contributed by atoms with van der Waals surface area (Å²) < 4.78 is 0.800. The third-order valence-corrected chi connectivity index (χ3v) is 4.34. The van der Waals surface area contributed by atoms with E-state index in [2.05, 4.69) is 20.9 Å². The third kappa shape index (κ3) is 2.85. The van der Waals surface area contributed by atoms with Crippen LogP contribution in [0.3, 0.4) is 0 Å². The minimum Gasteiger partial charge on any atom is -0.368 e. The highest BCUT2D eigenvalue weighted by atomic mass is 79.9. The lowest BCUT2D eigenvalue weighted by molar-refractivity contribution is -0.156. The number of carbonyl (C=O) groups excluding carboxylic acids is 2. The van der Waals surface area contributed by atoms with Crippen molar-refractivity contribution in [3.63, 3.8) is 0 Å². The Hall–Kier alpha value is -1.43. The van der Waals surface area contributed by atoms with Crippen molar-refractivity contribution in [1.29, 1.82) is 0 Å². The SMILES string of the molecule is CC(=O)N1CC[C@@]1(CCCc1cccc(Br)n1)C(N)=O. The van der Waals surface area contributed by atoms with E-state index >= 15 is 0 Å². The van der Waals surface area contributed by atoms with E-state index in [1.165, 1.54) is 6.92 Å². The fourth-order valence-corrected chi connectivity index (χ4v) is 3.12. The fourth-order valence-electron chi connectivity index (χ4n) is 2.74. The van der Waals surface area contributed by atoms with E-state index in [0.29, 0.717) is 19.4 Å². The molecule has 2 rings (SSSR count). The Morgan fingerprint density at radius 1 is 1.50 bits per heavy atom. The Kier molecular flexibility index (Phi) is 4.42. The van der Waals surface area contributed by atoms with Gasteiger partial charge in [0.2, 0.25) is 11.8 Å². The second-order valence-electron chi connectivity index (χ2n) is 5.12. The molecule has 0 aromatic carbocycles. The van der Waals surface area contributed by atoms with Gasteiger partial charge in [-0.15, -0.1) is 0 Å². The van der Waals surface area contributed by atoms with Gasteiger partial charge in [0.15, 0.2) is 0 Å². The molecule has 2 N–H and O–H groups in total. The Bertz CT molecular complexity index is 535. The average Bonchev–Trinajstić information content (AvgIpc) is 2.32. The van der Waals surface area contributed by atoms with Gasteiger partial charge in [-0.2, -0.15) is 0 Å². The van der Waals surface area contributed by atoms with E-state index in [4.69, 9.17) is 5.73 Å². The topological polar surface area (TPSA) is 76.3 Å². The van der Waals surface area contributed by atoms with Crippen LogP contribution in [0.15, 0.2) is 22.8 Å². The molecule has 0 bridgehead atoms. The summed E-state index contributed by atoms with van der Waals surface area (Å²) in [7, 11) is 0. The molecule has 108 valence electrons. The van der Waals surface area contributed by atoms with Crippen LogP contribution in [0.4, 0.5) is 0 Å². The summed E-state index contributed by atoms with van der Waals surface area (Å²) in [5, 5.41) is 0. The molecule has 0 saturated carbocycles. The molecule has 1 atom stereocenters. The smallest absolute Gasteiger partial charge is 0.243 e. The number of nitrogens with zero attached hydrogens (tertiary/aromatic N) is 2. The summed E-state index contributed by atoms with van der Waals surface area (Å²) in [6.45, 7) is 2.10. The van der Waals surface area contributed by atoms with E-state index in [9.17, 15) is 9.59 Å². The van der Waals surface area contributed by atoms with Gasteiger partial charge in [-0.1, -0.05) is 6.07 Å². The van der Waals surface area contributed by atoms with Crippen molar-refractivity contribution in [2.24, 2.45) is 5.73 Å². The molecule has 6 heteroatoms. The third-order valence-electron chi connectivity index (χ3n) is 3.90. The molecule has 0 unspecified atom stereocenters. The molecule has 0 aliphatic carbocycles. The molecule has 1 saturated heterocycles. The van der Waals surface area contributed by atoms with E-state index in [-0.39, 0.29) is 5.91 Å². The number of amides is 2. The Morgan fingerprint density at radius 2 is 2.25 bits per heavy atom. The van der Waals surface area contributed by atoms with Crippen LogP contribution in [0.25, 0.3) is 0 Å². The molecule has 20 heavy (non-hydrogen) atoms. The van der Waals surface area contributed by atoms with Crippen LogP contribution < -0.4 is 5.73 Å². The number of aryl methyl sites for hydroxylation is 1. The summed E-state index contributed by atoms with van der Waals surface area (Å²) in [6.07, 6.45) is 2.79. The number of pyridine rings is 1. The highest BCUT2D eigenvalue weighted by Gasteiger charge is 2.50. The lowest BCUT2D eigenvalue weighted by atomic mass is 9.79. The molecule has 1 aliphatic rings. The molecule has 1 aliphatic heterocycles. The Morgan fingerprint density at radius 3 is 2.75 bits per heavy atom. The van der Waals surface area contributed by atoms with Crippen molar-refractivity contribution < 1.29 is 9.59 Å². The zero-order valence-electron chi connectivity index (χ0n) is 11.4. The first kappa shape index (κ1) is 15.0. The van der Waals surface area contributed by atoms with Gasteiger partial charge in [0.25, 0.3) is 0 Å². The number of primary amides is 1. The van der Waals surface area contributed by atoms with Crippen molar-refractivity contribution in [1.82, 2.24) is 9.88 Å². The molecular formula is C14H18BrN3O2. The van der Waals surface area contributed by atoms with Gasteiger partial charge in [-0.3, -0.25) is 9.59 Å².